The molecule has 0 saturated heterocycles. The van der Waals surface area contributed by atoms with Gasteiger partial charge in [-0.1, -0.05) is 26.0 Å². The van der Waals surface area contributed by atoms with Gasteiger partial charge in [-0.3, -0.25) is 4.79 Å². The van der Waals surface area contributed by atoms with E-state index < -0.39 is 5.97 Å². The number of carbonyl (C=O) groups is 2. The Balaban J connectivity index is 1.59. The van der Waals surface area contributed by atoms with Crippen LogP contribution in [0.5, 0.6) is 11.5 Å². The Bertz CT molecular complexity index is 900. The lowest BCUT2D eigenvalue weighted by molar-refractivity contribution is 0.0474. The third-order valence-electron chi connectivity index (χ3n) is 5.36. The number of rotatable bonds is 9. The minimum absolute atomic E-state index is 0.197. The van der Waals surface area contributed by atoms with Crippen molar-refractivity contribution in [3.8, 4) is 11.5 Å². The van der Waals surface area contributed by atoms with E-state index in [0.29, 0.717) is 35.2 Å². The van der Waals surface area contributed by atoms with Crippen LogP contribution in [0.2, 0.25) is 0 Å². The summed E-state index contributed by atoms with van der Waals surface area (Å²) in [6.07, 6.45) is 5.35. The van der Waals surface area contributed by atoms with Gasteiger partial charge >= 0.3 is 5.97 Å². The Morgan fingerprint density at radius 3 is 2.40 bits per heavy atom. The molecule has 0 aliphatic heterocycles. The molecule has 30 heavy (non-hydrogen) atoms. The van der Waals surface area contributed by atoms with E-state index in [1.54, 1.807) is 18.2 Å². The fraction of sp³-hybridized carbons (Fsp3) is 0.440. The molecule has 5 heteroatoms. The lowest BCUT2D eigenvalue weighted by Crippen LogP contribution is -2.15. The monoisotopic (exact) mass is 410 g/mol. The Morgan fingerprint density at radius 1 is 0.933 bits per heavy atom. The van der Waals surface area contributed by atoms with Crippen molar-refractivity contribution in [1.82, 2.24) is 0 Å². The van der Waals surface area contributed by atoms with Crippen LogP contribution in [-0.4, -0.2) is 32.1 Å². The summed E-state index contributed by atoms with van der Waals surface area (Å²) in [5.74, 6) is 0.831. The third-order valence-corrected chi connectivity index (χ3v) is 5.36. The van der Waals surface area contributed by atoms with Crippen LogP contribution in [-0.2, 0) is 17.6 Å². The Morgan fingerprint density at radius 2 is 1.67 bits per heavy atom. The average molecular weight is 411 g/mol. The van der Waals surface area contributed by atoms with Crippen LogP contribution >= 0.6 is 0 Å². The summed E-state index contributed by atoms with van der Waals surface area (Å²) in [4.78, 5) is 24.9. The third kappa shape index (κ3) is 5.62. The first-order valence-corrected chi connectivity index (χ1v) is 10.6. The molecule has 0 unspecified atom stereocenters. The second kappa shape index (κ2) is 10.3. The molecule has 0 N–H and O–H groups in total. The molecule has 0 saturated carbocycles. The maximum Gasteiger partial charge on any atom is 0.338 e. The van der Waals surface area contributed by atoms with Crippen molar-refractivity contribution < 1.29 is 23.8 Å². The molecule has 0 atom stereocenters. The van der Waals surface area contributed by atoms with Gasteiger partial charge in [0.2, 0.25) is 0 Å². The van der Waals surface area contributed by atoms with Gasteiger partial charge in [-0.25, -0.2) is 4.79 Å². The van der Waals surface area contributed by atoms with Crippen LogP contribution in [0.25, 0.3) is 0 Å². The number of hydrogen-bond donors (Lipinski definition) is 0. The van der Waals surface area contributed by atoms with Gasteiger partial charge in [-0.2, -0.15) is 0 Å². The number of fused-ring (bicyclic) bond motifs is 1. The van der Waals surface area contributed by atoms with Crippen molar-refractivity contribution in [1.29, 1.82) is 0 Å². The highest BCUT2D eigenvalue weighted by Crippen LogP contribution is 2.29. The number of carbonyl (C=O) groups excluding carboxylic acids is 2. The molecule has 1 aliphatic carbocycles. The Hall–Kier alpha value is -2.82. The van der Waals surface area contributed by atoms with E-state index in [-0.39, 0.29) is 12.4 Å². The number of esters is 1. The summed E-state index contributed by atoms with van der Waals surface area (Å²) in [5, 5.41) is 0. The number of methoxy groups -OCH3 is 1. The van der Waals surface area contributed by atoms with Gasteiger partial charge in [-0.05, 0) is 73.4 Å². The predicted molar refractivity (Wildman–Crippen MR) is 116 cm³/mol. The van der Waals surface area contributed by atoms with Gasteiger partial charge in [0.15, 0.2) is 23.9 Å². The second-order valence-corrected chi connectivity index (χ2v) is 8.09. The standard InChI is InChI=1S/C25H30O5/c1-17(2)12-13-29-23-11-10-21(15-24(23)28-3)25(27)30-16-22(26)20-9-8-18-6-4-5-7-19(18)14-20/h8-11,14-15,17H,4-7,12-13,16H2,1-3H3. The van der Waals surface area contributed by atoms with Gasteiger partial charge < -0.3 is 14.2 Å². The first-order chi connectivity index (χ1) is 14.5. The molecule has 0 spiro atoms. The zero-order chi connectivity index (χ0) is 21.5. The molecule has 160 valence electrons. The van der Waals surface area contributed by atoms with Crippen LogP contribution in [0, 0.1) is 5.92 Å². The molecule has 2 aromatic carbocycles. The van der Waals surface area contributed by atoms with Crippen LogP contribution in [0.3, 0.4) is 0 Å². The summed E-state index contributed by atoms with van der Waals surface area (Å²) >= 11 is 0. The summed E-state index contributed by atoms with van der Waals surface area (Å²) in [6.45, 7) is 4.55. The average Bonchev–Trinajstić information content (AvgIpc) is 2.76. The molecule has 5 nitrogen and oxygen atoms in total. The van der Waals surface area contributed by atoms with E-state index >= 15 is 0 Å². The van der Waals surface area contributed by atoms with Crippen molar-refractivity contribution in [2.75, 3.05) is 20.3 Å². The lowest BCUT2D eigenvalue weighted by atomic mass is 9.90. The Labute approximate surface area is 178 Å². The van der Waals surface area contributed by atoms with Crippen LogP contribution in [0.1, 0.15) is 65.0 Å². The zero-order valence-electron chi connectivity index (χ0n) is 18.0. The van der Waals surface area contributed by atoms with Crippen molar-refractivity contribution in [2.45, 2.75) is 46.0 Å². The van der Waals surface area contributed by atoms with E-state index in [1.807, 2.05) is 18.2 Å². The van der Waals surface area contributed by atoms with Crippen LogP contribution in [0.15, 0.2) is 36.4 Å². The number of ketones is 1. The van der Waals surface area contributed by atoms with E-state index in [4.69, 9.17) is 14.2 Å². The summed E-state index contributed by atoms with van der Waals surface area (Å²) in [5.41, 5.74) is 3.46. The zero-order valence-corrected chi connectivity index (χ0v) is 18.0. The van der Waals surface area contributed by atoms with E-state index in [2.05, 4.69) is 13.8 Å². The first kappa shape index (κ1) is 21.9. The van der Waals surface area contributed by atoms with Crippen LogP contribution in [0.4, 0.5) is 0 Å². The summed E-state index contributed by atoms with van der Waals surface area (Å²) in [6, 6.07) is 10.7. The minimum atomic E-state index is -0.562. The number of hydrogen-bond acceptors (Lipinski definition) is 5. The number of ether oxygens (including phenoxy) is 3. The quantitative estimate of drug-likeness (QED) is 0.428. The molecule has 0 radical (unpaired) electrons. The molecule has 0 bridgehead atoms. The van der Waals surface area contributed by atoms with E-state index in [0.717, 1.165) is 25.7 Å². The molecular formula is C25H30O5. The summed E-state index contributed by atoms with van der Waals surface area (Å²) < 4.78 is 16.3. The smallest absolute Gasteiger partial charge is 0.338 e. The fourth-order valence-electron chi connectivity index (χ4n) is 3.52. The topological polar surface area (TPSA) is 61.8 Å². The first-order valence-electron chi connectivity index (χ1n) is 10.6. The minimum Gasteiger partial charge on any atom is -0.493 e. The van der Waals surface area contributed by atoms with Crippen LogP contribution < -0.4 is 9.47 Å². The SMILES string of the molecule is COc1cc(C(=O)OCC(=O)c2ccc3c(c2)CCCC3)ccc1OCCC(C)C. The van der Waals surface area contributed by atoms with E-state index in [9.17, 15) is 9.59 Å². The molecule has 1 aliphatic rings. The number of aryl methyl sites for hydroxylation is 2. The van der Waals surface area contributed by atoms with Gasteiger partial charge in [0.1, 0.15) is 0 Å². The molecule has 0 aromatic heterocycles. The number of benzene rings is 2. The summed E-state index contributed by atoms with van der Waals surface area (Å²) in [7, 11) is 1.53. The molecule has 2 aromatic rings. The van der Waals surface area contributed by atoms with Crippen molar-refractivity contribution >= 4 is 11.8 Å². The molecule has 0 amide bonds. The molecule has 0 heterocycles. The van der Waals surface area contributed by atoms with Gasteiger partial charge in [0, 0.05) is 5.56 Å². The van der Waals surface area contributed by atoms with E-state index in [1.165, 1.54) is 24.7 Å². The molecule has 0 fully saturated rings. The lowest BCUT2D eigenvalue weighted by Gasteiger charge is -2.16. The van der Waals surface area contributed by atoms with Crippen molar-refractivity contribution in [3.05, 3.63) is 58.7 Å². The maximum absolute atomic E-state index is 12.5. The highest BCUT2D eigenvalue weighted by molar-refractivity contribution is 5.99. The highest BCUT2D eigenvalue weighted by Gasteiger charge is 2.17. The van der Waals surface area contributed by atoms with Crippen molar-refractivity contribution in [3.63, 3.8) is 0 Å². The molecular weight excluding hydrogens is 380 g/mol. The maximum atomic E-state index is 12.5. The number of Topliss-reactive ketones (excluding diaryl/α,β-unsaturated/α-hetero) is 1. The Kier molecular flexibility index (Phi) is 7.50. The highest BCUT2D eigenvalue weighted by atomic mass is 16.5. The van der Waals surface area contributed by atoms with Crippen molar-refractivity contribution in [2.24, 2.45) is 5.92 Å². The fourth-order valence-corrected chi connectivity index (χ4v) is 3.52. The largest absolute Gasteiger partial charge is 0.493 e. The predicted octanol–water partition coefficient (Wildman–Crippen LogP) is 5.04. The van der Waals surface area contributed by atoms with Gasteiger partial charge in [-0.15, -0.1) is 0 Å². The molecule has 3 rings (SSSR count). The normalized spacial score (nSPS) is 12.9. The van der Waals surface area contributed by atoms with Gasteiger partial charge in [0.05, 0.1) is 19.3 Å². The second-order valence-electron chi connectivity index (χ2n) is 8.09. The van der Waals surface area contributed by atoms with Gasteiger partial charge in [0.25, 0.3) is 0 Å².